The molecule has 1 fully saturated rings. The predicted octanol–water partition coefficient (Wildman–Crippen LogP) is 2.24. The van der Waals surface area contributed by atoms with E-state index in [1.54, 1.807) is 0 Å². The summed E-state index contributed by atoms with van der Waals surface area (Å²) in [5, 5.41) is 12.9. The van der Waals surface area contributed by atoms with Crippen molar-refractivity contribution in [3.63, 3.8) is 0 Å². The van der Waals surface area contributed by atoms with Crippen LogP contribution in [0.25, 0.3) is 0 Å². The monoisotopic (exact) mass is 252 g/mol. The van der Waals surface area contributed by atoms with E-state index in [1.165, 1.54) is 0 Å². The summed E-state index contributed by atoms with van der Waals surface area (Å²) >= 11 is 0. The number of hydrogen-bond donors (Lipinski definition) is 1. The first-order valence-electron chi connectivity index (χ1n) is 6.62. The summed E-state index contributed by atoms with van der Waals surface area (Å²) in [7, 11) is 0. The maximum absolute atomic E-state index is 10.6. The Hall–Kier alpha value is -1.36. The Bertz CT molecular complexity index is 403. The van der Waals surface area contributed by atoms with E-state index < -0.39 is 5.97 Å². The Morgan fingerprint density at radius 2 is 2.50 bits per heavy atom. The molecule has 1 aromatic rings. The van der Waals surface area contributed by atoms with Gasteiger partial charge in [0.05, 0.1) is 12.5 Å². The lowest BCUT2D eigenvalue weighted by molar-refractivity contribution is -0.137. The zero-order valence-corrected chi connectivity index (χ0v) is 10.8. The Morgan fingerprint density at radius 3 is 3.22 bits per heavy atom. The second-order valence-corrected chi connectivity index (χ2v) is 4.81. The van der Waals surface area contributed by atoms with Crippen molar-refractivity contribution >= 4 is 5.97 Å². The van der Waals surface area contributed by atoms with Crippen LogP contribution in [0.1, 0.15) is 50.1 Å². The summed E-state index contributed by atoms with van der Waals surface area (Å²) < 4.78 is 5.30. The van der Waals surface area contributed by atoms with Crippen molar-refractivity contribution in [2.45, 2.75) is 45.1 Å². The highest BCUT2D eigenvalue weighted by Crippen LogP contribution is 2.31. The maximum Gasteiger partial charge on any atom is 0.304 e. The molecule has 5 heteroatoms. The molecule has 1 aromatic heterocycles. The van der Waals surface area contributed by atoms with Crippen LogP contribution in [0.15, 0.2) is 10.6 Å². The molecule has 2 rings (SSSR count). The number of aliphatic carboxylic acids is 1. The third-order valence-electron chi connectivity index (χ3n) is 3.39. The second kappa shape index (κ2) is 6.00. The smallest absolute Gasteiger partial charge is 0.304 e. The molecule has 5 nitrogen and oxygen atoms in total. The molecule has 18 heavy (non-hydrogen) atoms. The molecule has 1 unspecified atom stereocenters. The molecule has 0 spiro atoms. The van der Waals surface area contributed by atoms with Gasteiger partial charge in [-0.2, -0.15) is 0 Å². The first kappa shape index (κ1) is 13.1. The Labute approximate surface area is 107 Å². The van der Waals surface area contributed by atoms with Crippen LogP contribution in [0.5, 0.6) is 0 Å². The van der Waals surface area contributed by atoms with Gasteiger partial charge in [-0.25, -0.2) is 0 Å². The fourth-order valence-electron chi connectivity index (χ4n) is 2.52. The minimum Gasteiger partial charge on any atom is -0.481 e. The van der Waals surface area contributed by atoms with E-state index in [1.807, 2.05) is 6.07 Å². The van der Waals surface area contributed by atoms with Gasteiger partial charge >= 0.3 is 5.97 Å². The third-order valence-corrected chi connectivity index (χ3v) is 3.39. The van der Waals surface area contributed by atoms with Crippen molar-refractivity contribution in [2.24, 2.45) is 0 Å². The number of carboxylic acid groups (broad SMARTS) is 1. The highest BCUT2D eigenvalue weighted by molar-refractivity contribution is 5.66. The lowest BCUT2D eigenvalue weighted by atomic mass is 10.1. The number of nitrogens with zero attached hydrogens (tertiary/aromatic N) is 2. The molecule has 0 saturated carbocycles. The van der Waals surface area contributed by atoms with Gasteiger partial charge in [-0.05, 0) is 25.8 Å². The van der Waals surface area contributed by atoms with Gasteiger partial charge < -0.3 is 9.63 Å². The molecule has 0 bridgehead atoms. The number of carboxylic acids is 1. The lowest BCUT2D eigenvalue weighted by Gasteiger charge is -2.21. The highest BCUT2D eigenvalue weighted by atomic mass is 16.5. The van der Waals surface area contributed by atoms with Gasteiger partial charge in [0, 0.05) is 19.0 Å². The molecular weight excluding hydrogens is 232 g/mol. The van der Waals surface area contributed by atoms with E-state index >= 15 is 0 Å². The summed E-state index contributed by atoms with van der Waals surface area (Å²) in [6, 6.07) is 2.26. The number of carbonyl (C=O) groups is 1. The molecule has 2 heterocycles. The predicted molar refractivity (Wildman–Crippen MR) is 66.3 cm³/mol. The standard InChI is InChI=1S/C13H20N2O3/c1-2-4-10-9-11(14-18-10)12-5-3-7-15(12)8-6-13(16)17/h9,12H,2-8H2,1H3,(H,16,17). The fraction of sp³-hybridized carbons (Fsp3) is 0.692. The molecule has 1 atom stereocenters. The van der Waals surface area contributed by atoms with Crippen molar-refractivity contribution in [1.82, 2.24) is 10.1 Å². The van der Waals surface area contributed by atoms with Crippen LogP contribution in [-0.2, 0) is 11.2 Å². The average Bonchev–Trinajstić information content (AvgIpc) is 2.94. The van der Waals surface area contributed by atoms with Crippen LogP contribution in [0.4, 0.5) is 0 Å². The zero-order chi connectivity index (χ0) is 13.0. The van der Waals surface area contributed by atoms with Crippen LogP contribution in [0.3, 0.4) is 0 Å². The molecule has 0 amide bonds. The average molecular weight is 252 g/mol. The summed E-state index contributed by atoms with van der Waals surface area (Å²) in [5.41, 5.74) is 0.960. The largest absolute Gasteiger partial charge is 0.481 e. The summed E-state index contributed by atoms with van der Waals surface area (Å²) in [5.74, 6) is 0.185. The number of aromatic nitrogens is 1. The van der Waals surface area contributed by atoms with Crippen LogP contribution in [-0.4, -0.2) is 34.2 Å². The second-order valence-electron chi connectivity index (χ2n) is 4.81. The Kier molecular flexibility index (Phi) is 4.36. The number of aryl methyl sites for hydroxylation is 1. The van der Waals surface area contributed by atoms with Crippen molar-refractivity contribution in [1.29, 1.82) is 0 Å². The van der Waals surface area contributed by atoms with Gasteiger partial charge in [0.25, 0.3) is 0 Å². The number of hydrogen-bond acceptors (Lipinski definition) is 4. The maximum atomic E-state index is 10.6. The molecule has 1 aliphatic heterocycles. The van der Waals surface area contributed by atoms with Gasteiger partial charge in [0.15, 0.2) is 0 Å². The van der Waals surface area contributed by atoms with Crippen molar-refractivity contribution in [3.8, 4) is 0 Å². The van der Waals surface area contributed by atoms with Crippen LogP contribution in [0.2, 0.25) is 0 Å². The minimum absolute atomic E-state index is 0.191. The van der Waals surface area contributed by atoms with Crippen LogP contribution in [0, 0.1) is 0 Å². The highest BCUT2D eigenvalue weighted by Gasteiger charge is 2.28. The minimum atomic E-state index is -0.743. The van der Waals surface area contributed by atoms with Gasteiger partial charge in [-0.3, -0.25) is 9.69 Å². The van der Waals surface area contributed by atoms with Gasteiger partial charge in [0.1, 0.15) is 11.5 Å². The lowest BCUT2D eigenvalue weighted by Crippen LogP contribution is -2.26. The van der Waals surface area contributed by atoms with Crippen molar-refractivity contribution < 1.29 is 14.4 Å². The molecule has 0 radical (unpaired) electrons. The molecular formula is C13H20N2O3. The normalized spacial score (nSPS) is 20.4. The van der Waals surface area contributed by atoms with Crippen molar-refractivity contribution in [2.75, 3.05) is 13.1 Å². The van der Waals surface area contributed by atoms with Crippen LogP contribution >= 0.6 is 0 Å². The number of likely N-dealkylation sites (tertiary alicyclic amines) is 1. The zero-order valence-electron chi connectivity index (χ0n) is 10.8. The van der Waals surface area contributed by atoms with Gasteiger partial charge in [0.2, 0.25) is 0 Å². The van der Waals surface area contributed by atoms with Gasteiger partial charge in [-0.15, -0.1) is 0 Å². The van der Waals surface area contributed by atoms with Crippen LogP contribution < -0.4 is 0 Å². The fourth-order valence-corrected chi connectivity index (χ4v) is 2.52. The summed E-state index contributed by atoms with van der Waals surface area (Å²) in [4.78, 5) is 12.8. The molecule has 0 aliphatic carbocycles. The Morgan fingerprint density at radius 1 is 1.67 bits per heavy atom. The molecule has 0 aromatic carbocycles. The van der Waals surface area contributed by atoms with E-state index in [0.717, 1.165) is 43.7 Å². The van der Waals surface area contributed by atoms with E-state index in [-0.39, 0.29) is 12.5 Å². The summed E-state index contributed by atoms with van der Waals surface area (Å²) in [6.07, 6.45) is 4.28. The first-order valence-corrected chi connectivity index (χ1v) is 6.62. The van der Waals surface area contributed by atoms with E-state index in [0.29, 0.717) is 6.54 Å². The topological polar surface area (TPSA) is 66.6 Å². The van der Waals surface area contributed by atoms with E-state index in [2.05, 4.69) is 17.0 Å². The van der Waals surface area contributed by atoms with Gasteiger partial charge in [-0.1, -0.05) is 12.1 Å². The van der Waals surface area contributed by atoms with E-state index in [4.69, 9.17) is 9.63 Å². The van der Waals surface area contributed by atoms with E-state index in [9.17, 15) is 4.79 Å². The third kappa shape index (κ3) is 3.10. The quantitative estimate of drug-likeness (QED) is 0.841. The Balaban J connectivity index is 1.98. The number of rotatable bonds is 6. The van der Waals surface area contributed by atoms with Crippen molar-refractivity contribution in [3.05, 3.63) is 17.5 Å². The molecule has 1 N–H and O–H groups in total. The SMILES string of the molecule is CCCc1cc(C2CCCN2CCC(=O)O)no1. The molecule has 1 aliphatic rings. The molecule has 100 valence electrons. The summed E-state index contributed by atoms with van der Waals surface area (Å²) in [6.45, 7) is 3.65. The molecule has 1 saturated heterocycles. The first-order chi connectivity index (χ1) is 8.70.